The molecule has 6 heteroatoms. The van der Waals surface area contributed by atoms with Crippen LogP contribution in [-0.4, -0.2) is 42.5 Å². The van der Waals surface area contributed by atoms with Gasteiger partial charge in [-0.15, -0.1) is 11.3 Å². The average molecular weight is 422 g/mol. The summed E-state index contributed by atoms with van der Waals surface area (Å²) >= 11 is 1.53. The lowest BCUT2D eigenvalue weighted by Crippen LogP contribution is -2.36. The molecule has 1 aliphatic heterocycles. The molecule has 3 aromatic rings. The molecule has 2 aromatic carbocycles. The molecule has 0 bridgehead atoms. The number of hydrogen-bond acceptors (Lipinski definition) is 5. The van der Waals surface area contributed by atoms with Gasteiger partial charge in [-0.05, 0) is 49.2 Å². The number of nitrogens with one attached hydrogen (secondary N) is 1. The summed E-state index contributed by atoms with van der Waals surface area (Å²) in [5.74, 6) is 0.733. The average Bonchev–Trinajstić information content (AvgIpc) is 3.48. The van der Waals surface area contributed by atoms with E-state index in [9.17, 15) is 4.79 Å². The maximum atomic E-state index is 12.7. The van der Waals surface area contributed by atoms with Crippen molar-refractivity contribution < 1.29 is 9.53 Å². The summed E-state index contributed by atoms with van der Waals surface area (Å²) in [5.41, 5.74) is 2.89. The lowest BCUT2D eigenvalue weighted by molar-refractivity contribution is 0.0933. The van der Waals surface area contributed by atoms with Gasteiger partial charge in [0.1, 0.15) is 11.4 Å². The number of nitrogens with zero attached hydrogens (tertiary/aromatic N) is 2. The van der Waals surface area contributed by atoms with Gasteiger partial charge in [-0.25, -0.2) is 4.98 Å². The third kappa shape index (κ3) is 5.07. The minimum absolute atomic E-state index is 0.104. The van der Waals surface area contributed by atoms with E-state index in [-0.39, 0.29) is 11.9 Å². The Kier molecular flexibility index (Phi) is 6.77. The molecule has 0 aliphatic carbocycles. The quantitative estimate of drug-likeness (QED) is 0.589. The molecule has 30 heavy (non-hydrogen) atoms. The second-order valence-electron chi connectivity index (χ2n) is 7.53. The van der Waals surface area contributed by atoms with Crippen LogP contribution in [-0.2, 0) is 6.42 Å². The summed E-state index contributed by atoms with van der Waals surface area (Å²) in [7, 11) is 1.66. The molecule has 156 valence electrons. The Bertz CT molecular complexity index is 950. The van der Waals surface area contributed by atoms with Gasteiger partial charge in [0.05, 0.1) is 18.2 Å². The summed E-state index contributed by atoms with van der Waals surface area (Å²) in [4.78, 5) is 19.8. The highest BCUT2D eigenvalue weighted by Crippen LogP contribution is 2.24. The zero-order valence-electron chi connectivity index (χ0n) is 17.2. The van der Waals surface area contributed by atoms with E-state index in [1.54, 1.807) is 7.11 Å². The van der Waals surface area contributed by atoms with E-state index in [2.05, 4.69) is 39.5 Å². The Labute approximate surface area is 181 Å². The number of rotatable bonds is 8. The van der Waals surface area contributed by atoms with Crippen molar-refractivity contribution >= 4 is 17.2 Å². The van der Waals surface area contributed by atoms with Crippen LogP contribution in [0.5, 0.6) is 5.75 Å². The molecule has 0 radical (unpaired) electrons. The predicted molar refractivity (Wildman–Crippen MR) is 120 cm³/mol. The van der Waals surface area contributed by atoms with Gasteiger partial charge in [0.15, 0.2) is 0 Å². The predicted octanol–water partition coefficient (Wildman–Crippen LogP) is 4.31. The molecule has 5 nitrogen and oxygen atoms in total. The van der Waals surface area contributed by atoms with Gasteiger partial charge in [0, 0.05) is 18.3 Å². The number of aromatic nitrogens is 1. The molecular weight excluding hydrogens is 394 g/mol. The third-order valence-corrected chi connectivity index (χ3v) is 6.37. The molecule has 1 unspecified atom stereocenters. The second kappa shape index (κ2) is 9.87. The third-order valence-electron chi connectivity index (χ3n) is 5.52. The zero-order chi connectivity index (χ0) is 20.8. The van der Waals surface area contributed by atoms with Gasteiger partial charge in [-0.2, -0.15) is 0 Å². The standard InChI is InChI=1S/C24H27N3O2S/c1-29-20-11-9-18(10-12-20)15-23-26-21(17-30-23)24(28)25-16-22(27-13-5-6-14-27)19-7-3-2-4-8-19/h2-4,7-12,17,22H,5-6,13-16H2,1H3,(H,25,28). The van der Waals surface area contributed by atoms with Crippen molar-refractivity contribution in [1.82, 2.24) is 15.2 Å². The first kappa shape index (κ1) is 20.6. The SMILES string of the molecule is COc1ccc(Cc2nc(C(=O)NCC(c3ccccc3)N3CCCC3)cs2)cc1. The first-order valence-electron chi connectivity index (χ1n) is 10.4. The van der Waals surface area contributed by atoms with Crippen LogP contribution < -0.4 is 10.1 Å². The van der Waals surface area contributed by atoms with Crippen molar-refractivity contribution in [2.24, 2.45) is 0 Å². The number of carbonyl (C=O) groups is 1. The van der Waals surface area contributed by atoms with Crippen molar-refractivity contribution in [1.29, 1.82) is 0 Å². The number of methoxy groups -OCH3 is 1. The first-order chi connectivity index (χ1) is 14.7. The summed E-state index contributed by atoms with van der Waals surface area (Å²) < 4.78 is 5.20. The van der Waals surface area contributed by atoms with E-state index < -0.39 is 0 Å². The monoisotopic (exact) mass is 421 g/mol. The van der Waals surface area contributed by atoms with Gasteiger partial charge >= 0.3 is 0 Å². The number of benzene rings is 2. The van der Waals surface area contributed by atoms with Crippen LogP contribution in [0.4, 0.5) is 0 Å². The number of carbonyl (C=O) groups excluding carboxylic acids is 1. The van der Waals surface area contributed by atoms with Gasteiger partial charge in [-0.1, -0.05) is 42.5 Å². The Morgan fingerprint density at radius 2 is 1.87 bits per heavy atom. The lowest BCUT2D eigenvalue weighted by Gasteiger charge is -2.28. The summed E-state index contributed by atoms with van der Waals surface area (Å²) in [5, 5.41) is 5.90. The maximum Gasteiger partial charge on any atom is 0.270 e. The highest BCUT2D eigenvalue weighted by Gasteiger charge is 2.24. The molecule has 1 aromatic heterocycles. The fraction of sp³-hybridized carbons (Fsp3) is 0.333. The van der Waals surface area contributed by atoms with E-state index >= 15 is 0 Å². The Hall–Kier alpha value is -2.70. The normalized spacial score (nSPS) is 15.1. The second-order valence-corrected chi connectivity index (χ2v) is 8.47. The molecule has 0 spiro atoms. The smallest absolute Gasteiger partial charge is 0.270 e. The molecule has 1 aliphatic rings. The van der Waals surface area contributed by atoms with Crippen LogP contribution in [0.25, 0.3) is 0 Å². The molecule has 2 heterocycles. The van der Waals surface area contributed by atoms with Crippen molar-refractivity contribution in [2.45, 2.75) is 25.3 Å². The first-order valence-corrected chi connectivity index (χ1v) is 11.3. The summed E-state index contributed by atoms with van der Waals surface area (Å²) in [6.07, 6.45) is 3.15. The van der Waals surface area contributed by atoms with Crippen LogP contribution in [0.15, 0.2) is 60.0 Å². The molecule has 1 saturated heterocycles. The topological polar surface area (TPSA) is 54.5 Å². The highest BCUT2D eigenvalue weighted by molar-refractivity contribution is 7.09. The molecule has 1 atom stereocenters. The van der Waals surface area contributed by atoms with E-state index in [0.29, 0.717) is 18.7 Å². The lowest BCUT2D eigenvalue weighted by atomic mass is 10.1. The summed E-state index contributed by atoms with van der Waals surface area (Å²) in [6.45, 7) is 2.75. The molecule has 0 saturated carbocycles. The largest absolute Gasteiger partial charge is 0.497 e. The highest BCUT2D eigenvalue weighted by atomic mass is 32.1. The van der Waals surface area contributed by atoms with Gasteiger partial charge in [-0.3, -0.25) is 9.69 Å². The molecular formula is C24H27N3O2S. The van der Waals surface area contributed by atoms with Crippen molar-refractivity contribution in [2.75, 3.05) is 26.7 Å². The Balaban J connectivity index is 1.38. The van der Waals surface area contributed by atoms with E-state index in [1.165, 1.54) is 29.7 Å². The summed E-state index contributed by atoms with van der Waals surface area (Å²) in [6, 6.07) is 18.6. The van der Waals surface area contributed by atoms with Crippen LogP contribution in [0, 0.1) is 0 Å². The number of hydrogen-bond donors (Lipinski definition) is 1. The fourth-order valence-electron chi connectivity index (χ4n) is 3.88. The number of ether oxygens (including phenoxy) is 1. The van der Waals surface area contributed by atoms with Gasteiger partial charge < -0.3 is 10.1 Å². The van der Waals surface area contributed by atoms with Crippen LogP contribution in [0.1, 0.15) is 45.5 Å². The minimum Gasteiger partial charge on any atom is -0.497 e. The van der Waals surface area contributed by atoms with Crippen molar-refractivity contribution in [3.63, 3.8) is 0 Å². The Morgan fingerprint density at radius 1 is 1.13 bits per heavy atom. The number of likely N-dealkylation sites (tertiary alicyclic amines) is 1. The molecule has 1 amide bonds. The van der Waals surface area contributed by atoms with Crippen LogP contribution >= 0.6 is 11.3 Å². The van der Waals surface area contributed by atoms with Crippen LogP contribution in [0.2, 0.25) is 0 Å². The number of thiazole rings is 1. The van der Waals surface area contributed by atoms with Gasteiger partial charge in [0.2, 0.25) is 0 Å². The fourth-order valence-corrected chi connectivity index (χ4v) is 4.69. The van der Waals surface area contributed by atoms with E-state index in [1.807, 2.05) is 35.7 Å². The van der Waals surface area contributed by atoms with E-state index in [4.69, 9.17) is 4.74 Å². The zero-order valence-corrected chi connectivity index (χ0v) is 18.0. The number of amides is 1. The van der Waals surface area contributed by atoms with E-state index in [0.717, 1.165) is 29.4 Å². The van der Waals surface area contributed by atoms with Crippen molar-refractivity contribution in [3.8, 4) is 5.75 Å². The van der Waals surface area contributed by atoms with Gasteiger partial charge in [0.25, 0.3) is 5.91 Å². The molecule has 1 N–H and O–H groups in total. The van der Waals surface area contributed by atoms with Crippen molar-refractivity contribution in [3.05, 3.63) is 81.8 Å². The molecule has 4 rings (SSSR count). The molecule has 1 fully saturated rings. The Morgan fingerprint density at radius 3 is 2.57 bits per heavy atom. The maximum absolute atomic E-state index is 12.7. The minimum atomic E-state index is -0.104. The van der Waals surface area contributed by atoms with Crippen LogP contribution in [0.3, 0.4) is 0 Å².